The van der Waals surface area contributed by atoms with Gasteiger partial charge in [-0.1, -0.05) is 35.3 Å². The van der Waals surface area contributed by atoms with Crippen LogP contribution in [0.5, 0.6) is 0 Å². The van der Waals surface area contributed by atoms with Crippen LogP contribution < -0.4 is 11.1 Å². The van der Waals surface area contributed by atoms with Crippen LogP contribution in [-0.2, 0) is 6.54 Å². The lowest BCUT2D eigenvalue weighted by molar-refractivity contribution is 0.102. The zero-order chi connectivity index (χ0) is 13.8. The maximum absolute atomic E-state index is 12.0. The molecule has 2 rings (SSSR count). The summed E-state index contributed by atoms with van der Waals surface area (Å²) < 4.78 is 0. The molecule has 0 radical (unpaired) electrons. The lowest BCUT2D eigenvalue weighted by atomic mass is 10.1. The van der Waals surface area contributed by atoms with E-state index in [1.807, 2.05) is 0 Å². The average molecular weight is 297 g/mol. The van der Waals surface area contributed by atoms with Crippen molar-refractivity contribution in [2.75, 3.05) is 5.32 Å². The molecule has 1 aromatic carbocycles. The Balaban J connectivity index is 2.18. The molecule has 0 unspecified atom stereocenters. The Morgan fingerprint density at radius 1 is 1.21 bits per heavy atom. The molecule has 0 bridgehead atoms. The molecule has 0 saturated heterocycles. The van der Waals surface area contributed by atoms with Crippen LogP contribution >= 0.6 is 23.2 Å². The number of benzene rings is 1. The highest BCUT2D eigenvalue weighted by molar-refractivity contribution is 6.43. The van der Waals surface area contributed by atoms with Crippen LogP contribution in [0.3, 0.4) is 0 Å². The molecular formula is C12H10Cl2N4O. The van der Waals surface area contributed by atoms with E-state index >= 15 is 0 Å². The molecule has 0 aliphatic rings. The van der Waals surface area contributed by atoms with Crippen LogP contribution in [0.4, 0.5) is 5.82 Å². The van der Waals surface area contributed by atoms with E-state index in [2.05, 4.69) is 15.3 Å². The molecule has 19 heavy (non-hydrogen) atoms. The van der Waals surface area contributed by atoms with Crippen molar-refractivity contribution in [3.8, 4) is 0 Å². The van der Waals surface area contributed by atoms with Gasteiger partial charge in [0.2, 0.25) is 0 Å². The van der Waals surface area contributed by atoms with Gasteiger partial charge in [0.25, 0.3) is 5.91 Å². The number of nitrogens with zero attached hydrogens (tertiary/aromatic N) is 2. The second kappa shape index (κ2) is 5.97. The second-order valence-corrected chi connectivity index (χ2v) is 4.42. The van der Waals surface area contributed by atoms with E-state index in [0.29, 0.717) is 12.1 Å². The SMILES string of the molecule is NCc1ccc(C(=O)Nc2ncnc(Cl)c2Cl)cc1. The van der Waals surface area contributed by atoms with E-state index in [1.54, 1.807) is 24.3 Å². The highest BCUT2D eigenvalue weighted by Gasteiger charge is 2.12. The average Bonchev–Trinajstić information content (AvgIpc) is 2.44. The quantitative estimate of drug-likeness (QED) is 0.853. The first kappa shape index (κ1) is 13.7. The minimum absolute atomic E-state index is 0.0884. The summed E-state index contributed by atoms with van der Waals surface area (Å²) in [7, 11) is 0. The fraction of sp³-hybridized carbons (Fsp3) is 0.0833. The molecule has 0 aliphatic heterocycles. The van der Waals surface area contributed by atoms with Crippen LogP contribution in [0.1, 0.15) is 15.9 Å². The Morgan fingerprint density at radius 2 is 1.89 bits per heavy atom. The Kier molecular flexibility index (Phi) is 4.31. The predicted octanol–water partition coefficient (Wildman–Crippen LogP) is 2.49. The maximum atomic E-state index is 12.0. The molecule has 1 amide bonds. The summed E-state index contributed by atoms with van der Waals surface area (Å²) >= 11 is 11.6. The lowest BCUT2D eigenvalue weighted by Gasteiger charge is -2.07. The molecule has 1 heterocycles. The fourth-order valence-electron chi connectivity index (χ4n) is 1.41. The van der Waals surface area contributed by atoms with Crippen molar-refractivity contribution >= 4 is 34.9 Å². The largest absolute Gasteiger partial charge is 0.326 e. The van der Waals surface area contributed by atoms with Crippen molar-refractivity contribution in [1.82, 2.24) is 9.97 Å². The van der Waals surface area contributed by atoms with Gasteiger partial charge in [-0.15, -0.1) is 0 Å². The van der Waals surface area contributed by atoms with Gasteiger partial charge in [-0.3, -0.25) is 4.79 Å². The molecule has 98 valence electrons. The van der Waals surface area contributed by atoms with Gasteiger partial charge < -0.3 is 11.1 Å². The minimum atomic E-state index is -0.333. The van der Waals surface area contributed by atoms with Gasteiger partial charge in [0.1, 0.15) is 11.3 Å². The number of carbonyl (C=O) groups excluding carboxylic acids is 1. The number of rotatable bonds is 3. The smallest absolute Gasteiger partial charge is 0.256 e. The summed E-state index contributed by atoms with van der Waals surface area (Å²) in [6, 6.07) is 6.91. The van der Waals surface area contributed by atoms with Gasteiger partial charge in [-0.05, 0) is 17.7 Å². The van der Waals surface area contributed by atoms with Gasteiger partial charge >= 0.3 is 0 Å². The van der Waals surface area contributed by atoms with E-state index in [1.165, 1.54) is 6.33 Å². The number of aromatic nitrogens is 2. The van der Waals surface area contributed by atoms with Crippen molar-refractivity contribution in [2.45, 2.75) is 6.54 Å². The standard InChI is InChI=1S/C12H10Cl2N4O/c13-9-10(14)16-6-17-11(9)18-12(19)8-3-1-7(5-15)2-4-8/h1-4,6H,5,15H2,(H,16,17,18,19). The first-order valence-corrected chi connectivity index (χ1v) is 6.13. The molecule has 0 aliphatic carbocycles. The molecule has 0 saturated carbocycles. The zero-order valence-electron chi connectivity index (χ0n) is 9.73. The normalized spacial score (nSPS) is 10.3. The van der Waals surface area contributed by atoms with E-state index in [9.17, 15) is 4.79 Å². The lowest BCUT2D eigenvalue weighted by Crippen LogP contribution is -2.13. The zero-order valence-corrected chi connectivity index (χ0v) is 11.2. The van der Waals surface area contributed by atoms with Crippen LogP contribution in [0.2, 0.25) is 10.2 Å². The number of carbonyl (C=O) groups is 1. The first-order chi connectivity index (χ1) is 9.11. The minimum Gasteiger partial charge on any atom is -0.326 e. The Labute approximate surface area is 119 Å². The summed E-state index contributed by atoms with van der Waals surface area (Å²) in [5.74, 6) is -0.158. The van der Waals surface area contributed by atoms with Gasteiger partial charge in [-0.25, -0.2) is 9.97 Å². The third-order valence-corrected chi connectivity index (χ3v) is 3.17. The van der Waals surface area contributed by atoms with Crippen LogP contribution in [0, 0.1) is 0 Å². The second-order valence-electron chi connectivity index (χ2n) is 3.68. The number of hydrogen-bond acceptors (Lipinski definition) is 4. The first-order valence-electron chi connectivity index (χ1n) is 5.38. The van der Waals surface area contributed by atoms with Crippen LogP contribution in [-0.4, -0.2) is 15.9 Å². The van der Waals surface area contributed by atoms with Gasteiger partial charge in [0.05, 0.1) is 0 Å². The number of hydrogen-bond donors (Lipinski definition) is 2. The van der Waals surface area contributed by atoms with Crippen molar-refractivity contribution in [3.05, 3.63) is 51.9 Å². The molecule has 0 spiro atoms. The van der Waals surface area contributed by atoms with Gasteiger partial charge in [0.15, 0.2) is 11.0 Å². The highest BCUT2D eigenvalue weighted by atomic mass is 35.5. The van der Waals surface area contributed by atoms with Gasteiger partial charge in [-0.2, -0.15) is 0 Å². The third kappa shape index (κ3) is 3.20. The number of nitrogens with two attached hydrogens (primary N) is 1. The highest BCUT2D eigenvalue weighted by Crippen LogP contribution is 2.25. The summed E-state index contributed by atoms with van der Waals surface area (Å²) in [5.41, 5.74) is 6.91. The van der Waals surface area contributed by atoms with Crippen molar-refractivity contribution in [1.29, 1.82) is 0 Å². The molecule has 1 aromatic heterocycles. The van der Waals surface area contributed by atoms with Gasteiger partial charge in [0, 0.05) is 12.1 Å². The van der Waals surface area contributed by atoms with Crippen LogP contribution in [0.15, 0.2) is 30.6 Å². The maximum Gasteiger partial charge on any atom is 0.256 e. The number of amides is 1. The van der Waals surface area contributed by atoms with E-state index in [0.717, 1.165) is 5.56 Å². The van der Waals surface area contributed by atoms with Crippen molar-refractivity contribution < 1.29 is 4.79 Å². The topological polar surface area (TPSA) is 80.9 Å². The molecule has 5 nitrogen and oxygen atoms in total. The predicted molar refractivity (Wildman–Crippen MR) is 74.3 cm³/mol. The molecule has 2 aromatic rings. The number of nitrogens with one attached hydrogen (secondary N) is 1. The van der Waals surface area contributed by atoms with Crippen molar-refractivity contribution in [2.24, 2.45) is 5.73 Å². The Bertz CT molecular complexity index is 601. The summed E-state index contributed by atoms with van der Waals surface area (Å²) in [5, 5.41) is 2.76. The van der Waals surface area contributed by atoms with E-state index < -0.39 is 0 Å². The van der Waals surface area contributed by atoms with Crippen molar-refractivity contribution in [3.63, 3.8) is 0 Å². The molecule has 7 heteroatoms. The molecule has 0 atom stereocenters. The number of anilines is 1. The fourth-order valence-corrected chi connectivity index (χ4v) is 1.69. The molecule has 3 N–H and O–H groups in total. The van der Waals surface area contributed by atoms with E-state index in [4.69, 9.17) is 28.9 Å². The van der Waals surface area contributed by atoms with Crippen LogP contribution in [0.25, 0.3) is 0 Å². The monoisotopic (exact) mass is 296 g/mol. The third-order valence-electron chi connectivity index (χ3n) is 2.43. The Morgan fingerprint density at radius 3 is 2.53 bits per heavy atom. The summed E-state index contributed by atoms with van der Waals surface area (Å²) in [6.07, 6.45) is 1.22. The molecular weight excluding hydrogens is 287 g/mol. The van der Waals surface area contributed by atoms with E-state index in [-0.39, 0.29) is 21.9 Å². The Hall–Kier alpha value is -1.69. The number of halogens is 2. The summed E-state index contributed by atoms with van der Waals surface area (Å²) in [4.78, 5) is 19.5. The summed E-state index contributed by atoms with van der Waals surface area (Å²) in [6.45, 7) is 0.426. The molecule has 0 fully saturated rings.